The van der Waals surface area contributed by atoms with Crippen molar-refractivity contribution in [2.24, 2.45) is 0 Å². The van der Waals surface area contributed by atoms with Crippen molar-refractivity contribution in [2.45, 2.75) is 6.61 Å². The van der Waals surface area contributed by atoms with Gasteiger partial charge in [0.1, 0.15) is 17.1 Å². The maximum absolute atomic E-state index is 13.5. The van der Waals surface area contributed by atoms with Gasteiger partial charge in [0.05, 0.1) is 19.4 Å². The first kappa shape index (κ1) is 22.0. The van der Waals surface area contributed by atoms with Crippen LogP contribution in [0.4, 0.5) is 15.8 Å². The van der Waals surface area contributed by atoms with E-state index in [9.17, 15) is 14.0 Å². The van der Waals surface area contributed by atoms with E-state index >= 15 is 0 Å². The number of hydrogen-bond donors (Lipinski definition) is 2. The molecule has 0 aliphatic carbocycles. The number of benzene rings is 3. The zero-order valence-electron chi connectivity index (χ0n) is 18.0. The molecule has 168 valence electrons. The lowest BCUT2D eigenvalue weighted by molar-refractivity contribution is 0.0990. The quantitative estimate of drug-likeness (QED) is 0.404. The van der Waals surface area contributed by atoms with Crippen LogP contribution >= 0.6 is 0 Å². The summed E-state index contributed by atoms with van der Waals surface area (Å²) in [4.78, 5) is 25.6. The fourth-order valence-electron chi connectivity index (χ4n) is 3.47. The van der Waals surface area contributed by atoms with Crippen molar-refractivity contribution in [3.05, 3.63) is 89.4 Å². The summed E-state index contributed by atoms with van der Waals surface area (Å²) in [5.41, 5.74) is 2.08. The molecule has 0 radical (unpaired) electrons. The molecular formula is C25H21FN2O5. The molecule has 8 heteroatoms. The minimum Gasteiger partial charge on any atom is -0.495 e. The summed E-state index contributed by atoms with van der Waals surface area (Å²) in [7, 11) is 3.00. The zero-order chi connectivity index (χ0) is 23.4. The van der Waals surface area contributed by atoms with Gasteiger partial charge in [0.25, 0.3) is 11.8 Å². The molecule has 33 heavy (non-hydrogen) atoms. The van der Waals surface area contributed by atoms with Crippen molar-refractivity contribution in [1.29, 1.82) is 0 Å². The van der Waals surface area contributed by atoms with Gasteiger partial charge in [0.15, 0.2) is 5.76 Å². The van der Waals surface area contributed by atoms with Crippen LogP contribution in [0.1, 0.15) is 26.5 Å². The molecule has 4 aromatic rings. The van der Waals surface area contributed by atoms with Crippen LogP contribution in [0.15, 0.2) is 71.1 Å². The van der Waals surface area contributed by atoms with Crippen LogP contribution in [-0.2, 0) is 11.3 Å². The van der Waals surface area contributed by atoms with E-state index in [2.05, 4.69) is 10.6 Å². The lowest BCUT2D eigenvalue weighted by atomic mass is 10.1. The Morgan fingerprint density at radius 3 is 2.52 bits per heavy atom. The lowest BCUT2D eigenvalue weighted by Crippen LogP contribution is -2.15. The monoisotopic (exact) mass is 448 g/mol. The molecule has 2 N–H and O–H groups in total. The van der Waals surface area contributed by atoms with E-state index in [1.807, 2.05) is 18.2 Å². The normalized spacial score (nSPS) is 10.8. The van der Waals surface area contributed by atoms with E-state index in [-0.39, 0.29) is 17.9 Å². The Morgan fingerprint density at radius 1 is 0.939 bits per heavy atom. The molecule has 0 spiro atoms. The van der Waals surface area contributed by atoms with Gasteiger partial charge in [-0.2, -0.15) is 0 Å². The SMILES string of the molecule is COCc1c(C(=O)Nc2ccc(OC)c(NC(=O)c3cccc(F)c3)c2)oc2ccccc12. The number of methoxy groups -OCH3 is 2. The topological polar surface area (TPSA) is 89.8 Å². The van der Waals surface area contributed by atoms with E-state index in [1.165, 1.54) is 25.3 Å². The summed E-state index contributed by atoms with van der Waals surface area (Å²) < 4.78 is 29.8. The van der Waals surface area contributed by atoms with Gasteiger partial charge >= 0.3 is 0 Å². The predicted molar refractivity (Wildman–Crippen MR) is 122 cm³/mol. The van der Waals surface area contributed by atoms with E-state index < -0.39 is 17.6 Å². The van der Waals surface area contributed by atoms with E-state index in [1.54, 1.807) is 31.4 Å². The third kappa shape index (κ3) is 4.70. The molecular weight excluding hydrogens is 427 g/mol. The lowest BCUT2D eigenvalue weighted by Gasteiger charge is -2.13. The minimum absolute atomic E-state index is 0.138. The van der Waals surface area contributed by atoms with Gasteiger partial charge in [-0.15, -0.1) is 0 Å². The molecule has 2 amide bonds. The van der Waals surface area contributed by atoms with Gasteiger partial charge in [-0.1, -0.05) is 24.3 Å². The van der Waals surface area contributed by atoms with E-state index in [4.69, 9.17) is 13.9 Å². The smallest absolute Gasteiger partial charge is 0.291 e. The minimum atomic E-state index is -0.520. The molecule has 7 nitrogen and oxygen atoms in total. The number of anilines is 2. The Balaban J connectivity index is 1.60. The summed E-state index contributed by atoms with van der Waals surface area (Å²) in [6.45, 7) is 0.206. The fraction of sp³-hybridized carbons (Fsp3) is 0.120. The van der Waals surface area contributed by atoms with Crippen molar-refractivity contribution < 1.29 is 27.9 Å². The Hall–Kier alpha value is -4.17. The highest BCUT2D eigenvalue weighted by atomic mass is 19.1. The van der Waals surface area contributed by atoms with Crippen LogP contribution in [0.2, 0.25) is 0 Å². The van der Waals surface area contributed by atoms with Crippen molar-refractivity contribution >= 4 is 34.2 Å². The van der Waals surface area contributed by atoms with Crippen LogP contribution in [0.3, 0.4) is 0 Å². The molecule has 3 aromatic carbocycles. The standard InChI is InChI=1S/C25H21FN2O5/c1-31-14-19-18-8-3-4-9-21(18)33-23(19)25(30)27-17-10-11-22(32-2)20(13-17)28-24(29)15-6-5-7-16(26)12-15/h3-13H,14H2,1-2H3,(H,27,30)(H,28,29). The molecule has 1 heterocycles. The zero-order valence-corrected chi connectivity index (χ0v) is 18.0. The van der Waals surface area contributed by atoms with E-state index in [0.29, 0.717) is 28.3 Å². The number of amides is 2. The maximum atomic E-state index is 13.5. The van der Waals surface area contributed by atoms with Gasteiger partial charge in [0.2, 0.25) is 0 Å². The van der Waals surface area contributed by atoms with E-state index in [0.717, 1.165) is 11.5 Å². The summed E-state index contributed by atoms with van der Waals surface area (Å²) >= 11 is 0. The van der Waals surface area contributed by atoms with Crippen molar-refractivity contribution in [1.82, 2.24) is 0 Å². The average Bonchev–Trinajstić information content (AvgIpc) is 3.18. The summed E-state index contributed by atoms with van der Waals surface area (Å²) in [5.74, 6) is -0.990. The molecule has 4 rings (SSSR count). The molecule has 0 aliphatic heterocycles. The Bertz CT molecular complexity index is 1330. The van der Waals surface area contributed by atoms with Gasteiger partial charge in [0, 0.05) is 29.3 Å². The van der Waals surface area contributed by atoms with Crippen LogP contribution in [0.5, 0.6) is 5.75 Å². The highest BCUT2D eigenvalue weighted by Gasteiger charge is 2.21. The summed E-state index contributed by atoms with van der Waals surface area (Å²) in [5, 5.41) is 6.26. The number of carbonyl (C=O) groups is 2. The van der Waals surface area contributed by atoms with Gasteiger partial charge in [-0.05, 0) is 42.5 Å². The second-order valence-electron chi connectivity index (χ2n) is 7.17. The van der Waals surface area contributed by atoms with Gasteiger partial charge in [-0.25, -0.2) is 4.39 Å². The summed E-state index contributed by atoms with van der Waals surface area (Å²) in [6, 6.07) is 17.4. The number of carbonyl (C=O) groups excluding carboxylic acids is 2. The molecule has 0 saturated carbocycles. The number of furan rings is 1. The highest BCUT2D eigenvalue weighted by molar-refractivity contribution is 6.08. The Labute approximate surface area is 189 Å². The molecule has 0 unspecified atom stereocenters. The molecule has 0 bridgehead atoms. The van der Waals surface area contributed by atoms with Crippen molar-refractivity contribution in [3.8, 4) is 5.75 Å². The number of hydrogen-bond acceptors (Lipinski definition) is 5. The molecule has 0 fully saturated rings. The van der Waals surface area contributed by atoms with Gasteiger partial charge < -0.3 is 24.5 Å². The van der Waals surface area contributed by atoms with Crippen LogP contribution < -0.4 is 15.4 Å². The van der Waals surface area contributed by atoms with Crippen LogP contribution in [0.25, 0.3) is 11.0 Å². The van der Waals surface area contributed by atoms with Crippen LogP contribution in [-0.4, -0.2) is 26.0 Å². The molecule has 0 aliphatic rings. The number of ether oxygens (including phenoxy) is 2. The first-order valence-corrected chi connectivity index (χ1v) is 10.1. The molecule has 0 atom stereocenters. The third-order valence-electron chi connectivity index (χ3n) is 4.99. The first-order valence-electron chi connectivity index (χ1n) is 10.1. The van der Waals surface area contributed by atoms with Crippen molar-refractivity contribution in [2.75, 3.05) is 24.9 Å². The predicted octanol–water partition coefficient (Wildman–Crippen LogP) is 5.23. The number of rotatable bonds is 7. The average molecular weight is 448 g/mol. The summed E-state index contributed by atoms with van der Waals surface area (Å²) in [6.07, 6.45) is 0. The maximum Gasteiger partial charge on any atom is 0.291 e. The number of halogens is 1. The second kappa shape index (κ2) is 9.54. The number of para-hydroxylation sites is 1. The fourth-order valence-corrected chi connectivity index (χ4v) is 3.47. The first-order chi connectivity index (χ1) is 16.0. The van der Waals surface area contributed by atoms with Crippen molar-refractivity contribution in [3.63, 3.8) is 0 Å². The Kier molecular flexibility index (Phi) is 6.37. The number of nitrogens with one attached hydrogen (secondary N) is 2. The Morgan fingerprint density at radius 2 is 1.76 bits per heavy atom. The third-order valence-corrected chi connectivity index (χ3v) is 4.99. The van der Waals surface area contributed by atoms with Gasteiger partial charge in [-0.3, -0.25) is 9.59 Å². The van der Waals surface area contributed by atoms with Crippen LogP contribution in [0, 0.1) is 5.82 Å². The second-order valence-corrected chi connectivity index (χ2v) is 7.17. The largest absolute Gasteiger partial charge is 0.495 e. The molecule has 0 saturated heterocycles. The highest BCUT2D eigenvalue weighted by Crippen LogP contribution is 2.30. The number of fused-ring (bicyclic) bond motifs is 1. The molecule has 1 aromatic heterocycles.